The van der Waals surface area contributed by atoms with E-state index in [1.54, 1.807) is 18.9 Å². The van der Waals surface area contributed by atoms with Gasteiger partial charge in [-0.05, 0) is 36.7 Å². The van der Waals surface area contributed by atoms with Crippen LogP contribution < -0.4 is 0 Å². The fourth-order valence-electron chi connectivity index (χ4n) is 5.38. The van der Waals surface area contributed by atoms with Gasteiger partial charge in [-0.3, -0.25) is 4.79 Å². The van der Waals surface area contributed by atoms with Crippen LogP contribution in [-0.4, -0.2) is 70.9 Å². The van der Waals surface area contributed by atoms with Gasteiger partial charge in [0.2, 0.25) is 5.91 Å². The minimum absolute atomic E-state index is 0.0499. The zero-order valence-electron chi connectivity index (χ0n) is 20.0. The summed E-state index contributed by atoms with van der Waals surface area (Å²) in [6.45, 7) is 9.73. The number of hydrogen-bond donors (Lipinski definition) is 0. The summed E-state index contributed by atoms with van der Waals surface area (Å²) in [5, 5.41) is 0. The third-order valence-corrected chi connectivity index (χ3v) is 6.84. The number of piperidine rings is 1. The second-order valence-electron chi connectivity index (χ2n) is 9.86. The summed E-state index contributed by atoms with van der Waals surface area (Å²) in [5.74, 6) is -0.0889. The summed E-state index contributed by atoms with van der Waals surface area (Å²) in [5.41, 5.74) is 0.556. The molecule has 176 valence electrons. The first kappa shape index (κ1) is 24.1. The molecule has 3 atom stereocenters. The molecule has 0 aliphatic carbocycles. The Kier molecular flexibility index (Phi) is 7.47. The van der Waals surface area contributed by atoms with Gasteiger partial charge in [0.25, 0.3) is 0 Å². The average Bonchev–Trinajstić information content (AvgIpc) is 3.07. The monoisotopic (exact) mass is 443 g/mol. The number of rotatable bonds is 5. The number of carbonyl (C=O) groups excluding carboxylic acids is 3. The second kappa shape index (κ2) is 9.92. The number of benzene rings is 1. The molecule has 1 spiro atoms. The molecule has 2 saturated heterocycles. The largest absolute Gasteiger partial charge is 0.459 e. The highest BCUT2D eigenvalue weighted by Crippen LogP contribution is 2.40. The van der Waals surface area contributed by atoms with Crippen LogP contribution in [0, 0.1) is 11.8 Å². The fraction of sp³-hybridized carbons (Fsp3) is 0.640. The highest BCUT2D eigenvalue weighted by molar-refractivity contribution is 5.84. The lowest BCUT2D eigenvalue weighted by molar-refractivity contribution is -0.151. The Balaban J connectivity index is 1.75. The van der Waals surface area contributed by atoms with Crippen molar-refractivity contribution in [3.63, 3.8) is 0 Å². The first-order valence-corrected chi connectivity index (χ1v) is 11.6. The van der Waals surface area contributed by atoms with Crippen LogP contribution in [-0.2, 0) is 20.9 Å². The smallest absolute Gasteiger partial charge is 0.329 e. The fourth-order valence-corrected chi connectivity index (χ4v) is 5.38. The number of carbonyl (C=O) groups is 3. The molecule has 7 heteroatoms. The van der Waals surface area contributed by atoms with Gasteiger partial charge in [0, 0.05) is 33.6 Å². The first-order chi connectivity index (χ1) is 15.1. The number of esters is 1. The van der Waals surface area contributed by atoms with Crippen LogP contribution in [0.15, 0.2) is 30.3 Å². The van der Waals surface area contributed by atoms with Crippen LogP contribution in [0.3, 0.4) is 0 Å². The molecule has 32 heavy (non-hydrogen) atoms. The lowest BCUT2D eigenvalue weighted by Crippen LogP contribution is -2.62. The standard InChI is InChI=1S/C25H37N3O4/c1-18(2)22(23(30)32-16-21-10-7-6-8-11-21)26(5)24(31)28-15-19(3)14-25(28)12-9-13-27(17-25)20(4)29/h6-8,10-11,18-19,22H,9,12-17H2,1-5H3/t19-,22+,25?/m1/s1. The molecule has 0 aromatic heterocycles. The maximum atomic E-state index is 13.7. The van der Waals surface area contributed by atoms with E-state index >= 15 is 0 Å². The third kappa shape index (κ3) is 5.08. The molecule has 2 heterocycles. The predicted octanol–water partition coefficient (Wildman–Crippen LogP) is 3.53. The SMILES string of the molecule is CC(=O)N1CCCC2(C[C@@H](C)CN2C(=O)N(C)[C@H](C(=O)OCc2ccccc2)C(C)C)C1. The van der Waals surface area contributed by atoms with Crippen molar-refractivity contribution >= 4 is 17.9 Å². The first-order valence-electron chi connectivity index (χ1n) is 11.6. The molecule has 2 fully saturated rings. The summed E-state index contributed by atoms with van der Waals surface area (Å²) in [7, 11) is 1.69. The maximum absolute atomic E-state index is 13.7. The van der Waals surface area contributed by atoms with E-state index in [4.69, 9.17) is 4.74 Å². The number of likely N-dealkylation sites (tertiary alicyclic amines) is 2. The average molecular weight is 444 g/mol. The van der Waals surface area contributed by atoms with Crippen molar-refractivity contribution in [2.24, 2.45) is 11.8 Å². The summed E-state index contributed by atoms with van der Waals surface area (Å²) >= 11 is 0. The topological polar surface area (TPSA) is 70.2 Å². The molecule has 3 amide bonds. The highest BCUT2D eigenvalue weighted by Gasteiger charge is 2.50. The Morgan fingerprint density at radius 3 is 2.53 bits per heavy atom. The molecule has 2 aliphatic heterocycles. The minimum atomic E-state index is -0.674. The number of likely N-dealkylation sites (N-methyl/N-ethyl adjacent to an activating group) is 1. The van der Waals surface area contributed by atoms with Crippen molar-refractivity contribution < 1.29 is 19.1 Å². The molecule has 1 unspecified atom stereocenters. The van der Waals surface area contributed by atoms with Crippen molar-refractivity contribution in [1.29, 1.82) is 0 Å². The van der Waals surface area contributed by atoms with Gasteiger partial charge in [0.1, 0.15) is 12.6 Å². The lowest BCUT2D eigenvalue weighted by atomic mass is 9.84. The van der Waals surface area contributed by atoms with E-state index in [2.05, 4.69) is 6.92 Å². The Morgan fingerprint density at radius 1 is 1.22 bits per heavy atom. The van der Waals surface area contributed by atoms with Gasteiger partial charge in [0.05, 0.1) is 5.54 Å². The van der Waals surface area contributed by atoms with Gasteiger partial charge in [-0.15, -0.1) is 0 Å². The van der Waals surface area contributed by atoms with E-state index in [0.29, 0.717) is 19.0 Å². The predicted molar refractivity (Wildman–Crippen MR) is 123 cm³/mol. The van der Waals surface area contributed by atoms with Crippen LogP contribution in [0.25, 0.3) is 0 Å². The molecule has 0 bridgehead atoms. The molecular weight excluding hydrogens is 406 g/mol. The normalized spacial score (nSPS) is 24.0. The minimum Gasteiger partial charge on any atom is -0.459 e. The number of nitrogens with zero attached hydrogens (tertiary/aromatic N) is 3. The number of urea groups is 1. The number of hydrogen-bond acceptors (Lipinski definition) is 4. The van der Waals surface area contributed by atoms with Crippen molar-refractivity contribution in [3.05, 3.63) is 35.9 Å². The zero-order valence-corrected chi connectivity index (χ0v) is 20.0. The number of ether oxygens (including phenoxy) is 1. The molecule has 1 aromatic carbocycles. The summed E-state index contributed by atoms with van der Waals surface area (Å²) in [6.07, 6.45) is 2.64. The zero-order chi connectivity index (χ0) is 23.5. The van der Waals surface area contributed by atoms with Crippen molar-refractivity contribution in [1.82, 2.24) is 14.7 Å². The van der Waals surface area contributed by atoms with Gasteiger partial charge in [-0.25, -0.2) is 9.59 Å². The molecule has 3 rings (SSSR count). The van der Waals surface area contributed by atoms with Crippen molar-refractivity contribution in [2.45, 2.75) is 65.1 Å². The summed E-state index contributed by atoms with van der Waals surface area (Å²) in [6, 6.07) is 8.71. The third-order valence-electron chi connectivity index (χ3n) is 6.84. The van der Waals surface area contributed by atoms with Gasteiger partial charge < -0.3 is 19.4 Å². The van der Waals surface area contributed by atoms with Crippen LogP contribution in [0.2, 0.25) is 0 Å². The lowest BCUT2D eigenvalue weighted by Gasteiger charge is -2.47. The van der Waals surface area contributed by atoms with Crippen LogP contribution in [0.4, 0.5) is 4.79 Å². The van der Waals surface area contributed by atoms with Crippen molar-refractivity contribution in [2.75, 3.05) is 26.7 Å². The molecule has 0 saturated carbocycles. The summed E-state index contributed by atoms with van der Waals surface area (Å²) < 4.78 is 5.59. The molecule has 0 radical (unpaired) electrons. The maximum Gasteiger partial charge on any atom is 0.329 e. The quantitative estimate of drug-likeness (QED) is 0.653. The summed E-state index contributed by atoms with van der Waals surface area (Å²) in [4.78, 5) is 44.1. The van der Waals surface area contributed by atoms with Gasteiger partial charge >= 0.3 is 12.0 Å². The van der Waals surface area contributed by atoms with Crippen LogP contribution in [0.5, 0.6) is 0 Å². The van der Waals surface area contributed by atoms with Crippen molar-refractivity contribution in [3.8, 4) is 0 Å². The van der Waals surface area contributed by atoms with Crippen LogP contribution >= 0.6 is 0 Å². The van der Waals surface area contributed by atoms with E-state index in [-0.39, 0.29) is 30.0 Å². The molecular formula is C25H37N3O4. The van der Waals surface area contributed by atoms with Crippen LogP contribution in [0.1, 0.15) is 52.5 Å². The van der Waals surface area contributed by atoms with E-state index in [1.807, 2.05) is 54.0 Å². The Morgan fingerprint density at radius 2 is 1.91 bits per heavy atom. The molecule has 1 aromatic rings. The second-order valence-corrected chi connectivity index (χ2v) is 9.86. The Hall–Kier alpha value is -2.57. The molecule has 7 nitrogen and oxygen atoms in total. The number of amides is 3. The Bertz CT molecular complexity index is 828. The van der Waals surface area contributed by atoms with Gasteiger partial charge in [-0.2, -0.15) is 0 Å². The molecule has 0 N–H and O–H groups in total. The van der Waals surface area contributed by atoms with E-state index in [1.165, 1.54) is 0 Å². The van der Waals surface area contributed by atoms with E-state index in [9.17, 15) is 14.4 Å². The van der Waals surface area contributed by atoms with Gasteiger partial charge in [-0.1, -0.05) is 51.1 Å². The molecule has 2 aliphatic rings. The van der Waals surface area contributed by atoms with E-state index < -0.39 is 12.0 Å². The Labute approximate surface area is 191 Å². The van der Waals surface area contributed by atoms with Gasteiger partial charge in [0.15, 0.2) is 0 Å². The highest BCUT2D eigenvalue weighted by atomic mass is 16.5. The van der Waals surface area contributed by atoms with E-state index in [0.717, 1.165) is 31.4 Å².